The van der Waals surface area contributed by atoms with E-state index in [-0.39, 0.29) is 11.9 Å². The molecule has 6 rings (SSSR count). The Morgan fingerprint density at radius 3 is 2.45 bits per heavy atom. The molecule has 3 aromatic rings. The van der Waals surface area contributed by atoms with Gasteiger partial charge in [-0.05, 0) is 44.2 Å². The van der Waals surface area contributed by atoms with Crippen LogP contribution < -0.4 is 21.0 Å². The maximum Gasteiger partial charge on any atom is 0.436 e. The van der Waals surface area contributed by atoms with Gasteiger partial charge in [0, 0.05) is 74.0 Å². The summed E-state index contributed by atoms with van der Waals surface area (Å²) in [5, 5.41) is 4.30. The number of anilines is 4. The molecular formula is C28H34N10O4. The van der Waals surface area contributed by atoms with Crippen molar-refractivity contribution in [3.8, 4) is 11.3 Å². The molecule has 14 heteroatoms. The third-order valence-electron chi connectivity index (χ3n) is 7.71. The fourth-order valence-electron chi connectivity index (χ4n) is 5.27. The summed E-state index contributed by atoms with van der Waals surface area (Å²) in [7, 11) is 2.05. The van der Waals surface area contributed by atoms with Crippen molar-refractivity contribution in [1.29, 1.82) is 0 Å². The second kappa shape index (κ2) is 11.7. The van der Waals surface area contributed by atoms with E-state index >= 15 is 0 Å². The highest BCUT2D eigenvalue weighted by Gasteiger charge is 2.31. The first-order valence-corrected chi connectivity index (χ1v) is 14.0. The minimum atomic E-state index is -0.659. The number of aromatic nitrogens is 4. The monoisotopic (exact) mass is 574 g/mol. The van der Waals surface area contributed by atoms with Crippen LogP contribution in [0.4, 0.5) is 28.2 Å². The van der Waals surface area contributed by atoms with Crippen LogP contribution in [0.15, 0.2) is 30.6 Å². The van der Waals surface area contributed by atoms with Crippen LogP contribution in [-0.2, 0) is 16.0 Å². The molecular weight excluding hydrogens is 540 g/mol. The molecule has 220 valence electrons. The van der Waals surface area contributed by atoms with Gasteiger partial charge in [-0.1, -0.05) is 0 Å². The molecule has 1 aromatic carbocycles. The van der Waals surface area contributed by atoms with Crippen LogP contribution in [0, 0.1) is 6.92 Å². The molecule has 0 atom stereocenters. The van der Waals surface area contributed by atoms with Crippen molar-refractivity contribution >= 4 is 35.4 Å². The van der Waals surface area contributed by atoms with E-state index in [0.717, 1.165) is 24.2 Å². The lowest BCUT2D eigenvalue weighted by atomic mass is 10.1. The van der Waals surface area contributed by atoms with Gasteiger partial charge in [-0.3, -0.25) is 10.1 Å². The van der Waals surface area contributed by atoms with Crippen LogP contribution in [0.2, 0.25) is 0 Å². The maximum atomic E-state index is 13.0. The van der Waals surface area contributed by atoms with Gasteiger partial charge in [-0.15, -0.1) is 0 Å². The Hall–Kier alpha value is -4.56. The van der Waals surface area contributed by atoms with Gasteiger partial charge in [0.15, 0.2) is 5.82 Å². The van der Waals surface area contributed by atoms with Crippen LogP contribution in [0.25, 0.3) is 11.3 Å². The van der Waals surface area contributed by atoms with E-state index in [9.17, 15) is 9.59 Å². The van der Waals surface area contributed by atoms with Crippen LogP contribution in [0.5, 0.6) is 0 Å². The predicted octanol–water partition coefficient (Wildman–Crippen LogP) is 1.57. The van der Waals surface area contributed by atoms with E-state index in [2.05, 4.69) is 27.2 Å². The standard InChI is InChI=1S/C28H34N10O4/c1-18-15-19(25(39)36-9-7-35(2)8-10-36)3-4-22(18)32-28(40)42-38-6-5-21-23(20-16-30-26(29)31-17-20)33-27(34-24(21)38)37-11-13-41-14-12-37/h3-4,15-17H,5-14H2,1-2H3,(H,32,40)(H2,29,30,31). The molecule has 42 heavy (non-hydrogen) atoms. The molecule has 3 N–H and O–H groups in total. The number of hydrogen-bond acceptors (Lipinski definition) is 12. The van der Waals surface area contributed by atoms with Crippen LogP contribution in [-0.4, -0.2) is 108 Å². The zero-order valence-electron chi connectivity index (χ0n) is 23.7. The molecule has 0 aliphatic carbocycles. The Bertz CT molecular complexity index is 1470. The first kappa shape index (κ1) is 27.6. The van der Waals surface area contributed by atoms with E-state index in [1.807, 2.05) is 16.7 Å². The molecule has 2 aromatic heterocycles. The lowest BCUT2D eigenvalue weighted by Gasteiger charge is -2.32. The number of piperazine rings is 1. The first-order chi connectivity index (χ1) is 20.4. The number of carbonyl (C=O) groups excluding carboxylic acids is 2. The smallest absolute Gasteiger partial charge is 0.378 e. The fraction of sp³-hybridized carbons (Fsp3) is 0.429. The number of morpholine rings is 1. The molecule has 2 amide bonds. The summed E-state index contributed by atoms with van der Waals surface area (Å²) in [5.41, 5.74) is 9.82. The van der Waals surface area contributed by atoms with Gasteiger partial charge in [0.2, 0.25) is 11.9 Å². The number of nitrogen functional groups attached to an aromatic ring is 1. The van der Waals surface area contributed by atoms with Gasteiger partial charge < -0.3 is 30.0 Å². The van der Waals surface area contributed by atoms with E-state index in [1.165, 1.54) is 5.06 Å². The summed E-state index contributed by atoms with van der Waals surface area (Å²) in [4.78, 5) is 55.8. The van der Waals surface area contributed by atoms with Gasteiger partial charge in [0.25, 0.3) is 5.91 Å². The Morgan fingerprint density at radius 2 is 1.74 bits per heavy atom. The number of nitrogens with one attached hydrogen (secondary N) is 1. The minimum Gasteiger partial charge on any atom is -0.378 e. The summed E-state index contributed by atoms with van der Waals surface area (Å²) >= 11 is 0. The number of fused-ring (bicyclic) bond motifs is 1. The largest absolute Gasteiger partial charge is 0.436 e. The van der Waals surface area contributed by atoms with Crippen molar-refractivity contribution < 1.29 is 19.2 Å². The number of nitrogens with two attached hydrogens (primary N) is 1. The summed E-state index contributed by atoms with van der Waals surface area (Å²) < 4.78 is 5.50. The van der Waals surface area contributed by atoms with E-state index in [0.29, 0.717) is 86.6 Å². The van der Waals surface area contributed by atoms with Gasteiger partial charge in [-0.2, -0.15) is 10.0 Å². The van der Waals surface area contributed by atoms with Gasteiger partial charge in [-0.25, -0.2) is 19.7 Å². The second-order valence-corrected chi connectivity index (χ2v) is 10.6. The fourth-order valence-corrected chi connectivity index (χ4v) is 5.27. The number of nitrogens with zero attached hydrogens (tertiary/aromatic N) is 8. The minimum absolute atomic E-state index is 0.00735. The van der Waals surface area contributed by atoms with Crippen molar-refractivity contribution in [1.82, 2.24) is 29.7 Å². The number of rotatable bonds is 5. The highest BCUT2D eigenvalue weighted by atomic mass is 16.7. The zero-order valence-corrected chi connectivity index (χ0v) is 23.7. The van der Waals surface area contributed by atoms with Crippen LogP contribution >= 0.6 is 0 Å². The van der Waals surface area contributed by atoms with Crippen LogP contribution in [0.3, 0.4) is 0 Å². The first-order valence-electron chi connectivity index (χ1n) is 14.0. The van der Waals surface area contributed by atoms with Gasteiger partial charge >= 0.3 is 6.09 Å². The Kier molecular flexibility index (Phi) is 7.71. The summed E-state index contributed by atoms with van der Waals surface area (Å²) in [6.07, 6.45) is 3.16. The third-order valence-corrected chi connectivity index (χ3v) is 7.71. The average Bonchev–Trinajstić information content (AvgIpc) is 3.41. The molecule has 0 bridgehead atoms. The molecule has 0 unspecified atom stereocenters. The topological polar surface area (TPSA) is 155 Å². The van der Waals surface area contributed by atoms with Crippen molar-refractivity contribution in [2.45, 2.75) is 13.3 Å². The number of ether oxygens (including phenoxy) is 1. The van der Waals surface area contributed by atoms with Crippen molar-refractivity contribution in [3.05, 3.63) is 47.3 Å². The average molecular weight is 575 g/mol. The number of carbonyl (C=O) groups is 2. The highest BCUT2D eigenvalue weighted by molar-refractivity contribution is 5.96. The van der Waals surface area contributed by atoms with Crippen LogP contribution in [0.1, 0.15) is 21.5 Å². The summed E-state index contributed by atoms with van der Waals surface area (Å²) in [5.74, 6) is 1.19. The Balaban J connectivity index is 1.19. The maximum absolute atomic E-state index is 13.0. The number of likely N-dealkylation sites (N-methyl/N-ethyl adjacent to an activating group) is 1. The molecule has 0 saturated carbocycles. The molecule has 14 nitrogen and oxygen atoms in total. The van der Waals surface area contributed by atoms with E-state index in [4.69, 9.17) is 25.3 Å². The third kappa shape index (κ3) is 5.76. The lowest BCUT2D eigenvalue weighted by Crippen LogP contribution is -2.47. The second-order valence-electron chi connectivity index (χ2n) is 10.6. The zero-order chi connectivity index (χ0) is 29.2. The van der Waals surface area contributed by atoms with E-state index < -0.39 is 6.09 Å². The molecule has 3 aliphatic rings. The highest BCUT2D eigenvalue weighted by Crippen LogP contribution is 2.35. The number of hydrogen-bond donors (Lipinski definition) is 2. The quantitative estimate of drug-likeness (QED) is 0.454. The number of hydroxylamine groups is 1. The normalized spacial score (nSPS) is 17.2. The summed E-state index contributed by atoms with van der Waals surface area (Å²) in [6, 6.07) is 5.26. The Morgan fingerprint density at radius 1 is 1.00 bits per heavy atom. The summed E-state index contributed by atoms with van der Waals surface area (Å²) in [6.45, 7) is 7.78. The molecule has 2 saturated heterocycles. The number of amides is 2. The van der Waals surface area contributed by atoms with Gasteiger partial charge in [0.1, 0.15) is 0 Å². The SMILES string of the molecule is Cc1cc(C(=O)N2CCN(C)CC2)ccc1NC(=O)ON1CCc2c(-c3cnc(N)nc3)nc(N3CCOCC3)nc21. The van der Waals surface area contributed by atoms with Crippen molar-refractivity contribution in [3.63, 3.8) is 0 Å². The van der Waals surface area contributed by atoms with Gasteiger partial charge in [0.05, 0.1) is 25.5 Å². The molecule has 3 aliphatic heterocycles. The molecule has 0 radical (unpaired) electrons. The number of aryl methyl sites for hydroxylation is 1. The Labute approximate surface area is 243 Å². The molecule has 2 fully saturated rings. The van der Waals surface area contributed by atoms with Crippen molar-refractivity contribution in [2.24, 2.45) is 0 Å². The number of benzene rings is 1. The molecule has 5 heterocycles. The van der Waals surface area contributed by atoms with Crippen molar-refractivity contribution in [2.75, 3.05) is 87.1 Å². The molecule has 0 spiro atoms. The lowest BCUT2D eigenvalue weighted by molar-refractivity contribution is 0.0664. The van der Waals surface area contributed by atoms with E-state index in [1.54, 1.807) is 30.6 Å². The predicted molar refractivity (Wildman–Crippen MR) is 156 cm³/mol.